The van der Waals surface area contributed by atoms with E-state index < -0.39 is 17.7 Å². The highest BCUT2D eigenvalue weighted by Gasteiger charge is 2.19. The zero-order valence-corrected chi connectivity index (χ0v) is 15.4. The SMILES string of the molecule is C=N/C=C(\C(=NC)[C@@H](N)Cc1cc(F)cc(F)c1)c1ccc2cnccc2c1. The van der Waals surface area contributed by atoms with Gasteiger partial charge in [-0.3, -0.25) is 15.0 Å². The van der Waals surface area contributed by atoms with E-state index in [1.54, 1.807) is 25.6 Å². The van der Waals surface area contributed by atoms with E-state index in [0.29, 0.717) is 16.8 Å². The number of benzene rings is 2. The summed E-state index contributed by atoms with van der Waals surface area (Å²) in [7, 11) is 1.63. The van der Waals surface area contributed by atoms with Gasteiger partial charge in [0.15, 0.2) is 0 Å². The number of aromatic nitrogens is 1. The van der Waals surface area contributed by atoms with Gasteiger partial charge in [-0.1, -0.05) is 12.1 Å². The molecule has 2 N–H and O–H groups in total. The van der Waals surface area contributed by atoms with Crippen molar-refractivity contribution in [2.24, 2.45) is 15.7 Å². The Labute approximate surface area is 162 Å². The maximum absolute atomic E-state index is 13.5. The molecule has 0 saturated carbocycles. The molecule has 4 nitrogen and oxygen atoms in total. The molecule has 0 aliphatic carbocycles. The third-order valence-corrected chi connectivity index (χ3v) is 4.42. The fourth-order valence-corrected chi connectivity index (χ4v) is 3.20. The minimum absolute atomic E-state index is 0.230. The summed E-state index contributed by atoms with van der Waals surface area (Å²) < 4.78 is 27.0. The number of nitrogens with zero attached hydrogens (tertiary/aromatic N) is 3. The normalized spacial score (nSPS) is 13.6. The first-order valence-electron chi connectivity index (χ1n) is 8.69. The number of halogens is 2. The van der Waals surface area contributed by atoms with Crippen molar-refractivity contribution in [3.05, 3.63) is 83.8 Å². The number of hydrogen-bond donors (Lipinski definition) is 1. The Balaban J connectivity index is 1.96. The zero-order chi connectivity index (χ0) is 20.1. The van der Waals surface area contributed by atoms with Gasteiger partial charge in [-0.05, 0) is 53.9 Å². The van der Waals surface area contributed by atoms with E-state index in [-0.39, 0.29) is 6.42 Å². The molecule has 0 saturated heterocycles. The van der Waals surface area contributed by atoms with E-state index in [4.69, 9.17) is 5.73 Å². The van der Waals surface area contributed by atoms with E-state index in [1.165, 1.54) is 12.1 Å². The van der Waals surface area contributed by atoms with Gasteiger partial charge in [0.25, 0.3) is 0 Å². The molecule has 0 unspecified atom stereocenters. The van der Waals surface area contributed by atoms with Crippen LogP contribution in [-0.2, 0) is 6.42 Å². The van der Waals surface area contributed by atoms with Crippen molar-refractivity contribution in [1.29, 1.82) is 0 Å². The van der Waals surface area contributed by atoms with Gasteiger partial charge < -0.3 is 5.73 Å². The first kappa shape index (κ1) is 19.5. The van der Waals surface area contributed by atoms with Crippen LogP contribution in [0.5, 0.6) is 0 Å². The third kappa shape index (κ3) is 4.35. The molecule has 3 rings (SSSR count). The number of fused-ring (bicyclic) bond motifs is 1. The predicted octanol–water partition coefficient (Wildman–Crippen LogP) is 4.20. The van der Waals surface area contributed by atoms with Crippen molar-refractivity contribution in [2.75, 3.05) is 7.05 Å². The van der Waals surface area contributed by atoms with Crippen molar-refractivity contribution < 1.29 is 8.78 Å². The molecule has 6 heteroatoms. The van der Waals surface area contributed by atoms with Crippen LogP contribution >= 0.6 is 0 Å². The molecule has 0 fully saturated rings. The smallest absolute Gasteiger partial charge is 0.126 e. The summed E-state index contributed by atoms with van der Waals surface area (Å²) in [4.78, 5) is 12.4. The van der Waals surface area contributed by atoms with E-state index >= 15 is 0 Å². The molecule has 142 valence electrons. The molecule has 1 aromatic heterocycles. The monoisotopic (exact) mass is 378 g/mol. The highest BCUT2D eigenvalue weighted by molar-refractivity contribution is 6.26. The number of rotatable bonds is 6. The Morgan fingerprint density at radius 2 is 1.89 bits per heavy atom. The molecule has 0 spiro atoms. The second-order valence-corrected chi connectivity index (χ2v) is 6.36. The Morgan fingerprint density at radius 3 is 2.57 bits per heavy atom. The molecular formula is C22H20F2N4. The second kappa shape index (κ2) is 8.63. The summed E-state index contributed by atoms with van der Waals surface area (Å²) >= 11 is 0. The van der Waals surface area contributed by atoms with Gasteiger partial charge >= 0.3 is 0 Å². The van der Waals surface area contributed by atoms with E-state index in [9.17, 15) is 8.78 Å². The van der Waals surface area contributed by atoms with Crippen molar-refractivity contribution in [3.63, 3.8) is 0 Å². The van der Waals surface area contributed by atoms with Crippen LogP contribution in [0.25, 0.3) is 16.3 Å². The lowest BCUT2D eigenvalue weighted by Crippen LogP contribution is -2.33. The van der Waals surface area contributed by atoms with Gasteiger partial charge in [0.2, 0.25) is 0 Å². The molecule has 0 radical (unpaired) electrons. The first-order valence-corrected chi connectivity index (χ1v) is 8.69. The first-order chi connectivity index (χ1) is 13.5. The molecule has 28 heavy (non-hydrogen) atoms. The average Bonchev–Trinajstić information content (AvgIpc) is 2.66. The fourth-order valence-electron chi connectivity index (χ4n) is 3.20. The largest absolute Gasteiger partial charge is 0.322 e. The summed E-state index contributed by atoms with van der Waals surface area (Å²) in [5.41, 5.74) is 8.96. The Hall–Kier alpha value is -3.25. The van der Waals surface area contributed by atoms with Crippen LogP contribution in [0.3, 0.4) is 0 Å². The minimum Gasteiger partial charge on any atom is -0.322 e. The van der Waals surface area contributed by atoms with Crippen LogP contribution in [0.4, 0.5) is 8.78 Å². The van der Waals surface area contributed by atoms with Gasteiger partial charge in [-0.15, -0.1) is 0 Å². The number of nitrogens with two attached hydrogens (primary N) is 1. The summed E-state index contributed by atoms with van der Waals surface area (Å²) in [6.07, 6.45) is 5.33. The van der Waals surface area contributed by atoms with E-state index in [0.717, 1.165) is 22.4 Å². The maximum Gasteiger partial charge on any atom is 0.126 e. The maximum atomic E-state index is 13.5. The Morgan fingerprint density at radius 1 is 1.14 bits per heavy atom. The van der Waals surface area contributed by atoms with Crippen molar-refractivity contribution in [3.8, 4) is 0 Å². The molecular weight excluding hydrogens is 358 g/mol. The van der Waals surface area contributed by atoms with E-state index in [2.05, 4.69) is 21.7 Å². The Kier molecular flexibility index (Phi) is 6.01. The van der Waals surface area contributed by atoms with Crippen molar-refractivity contribution in [2.45, 2.75) is 12.5 Å². The predicted molar refractivity (Wildman–Crippen MR) is 111 cm³/mol. The average molecular weight is 378 g/mol. The van der Waals surface area contributed by atoms with Gasteiger partial charge in [0.05, 0.1) is 11.8 Å². The van der Waals surface area contributed by atoms with Crippen LogP contribution < -0.4 is 5.73 Å². The molecule has 1 heterocycles. The summed E-state index contributed by atoms with van der Waals surface area (Å²) in [6, 6.07) is 10.6. The minimum atomic E-state index is -0.635. The lowest BCUT2D eigenvalue weighted by molar-refractivity contribution is 0.579. The molecule has 2 aromatic carbocycles. The Bertz CT molecular complexity index is 1050. The van der Waals surface area contributed by atoms with Gasteiger partial charge in [0.1, 0.15) is 11.6 Å². The number of aliphatic imine (C=N–C) groups is 2. The molecule has 1 atom stereocenters. The molecule has 0 aliphatic rings. The van der Waals surface area contributed by atoms with Crippen LogP contribution in [0.15, 0.2) is 71.0 Å². The van der Waals surface area contributed by atoms with Crippen LogP contribution in [0.2, 0.25) is 0 Å². The third-order valence-electron chi connectivity index (χ3n) is 4.42. The second-order valence-electron chi connectivity index (χ2n) is 6.36. The number of pyridine rings is 1. The highest BCUT2D eigenvalue weighted by atomic mass is 19.1. The van der Waals surface area contributed by atoms with E-state index in [1.807, 2.05) is 24.3 Å². The standard InChI is InChI=1S/C22H20F2N4/c1-26-13-20(16-3-4-17-12-28-6-5-15(17)10-16)22(27-2)21(25)9-14-7-18(23)11-19(24)8-14/h3-8,10-13,21H,1,9,25H2,2H3/b20-13-,27-22?/t21-/m0/s1. The van der Waals surface area contributed by atoms with Crippen LogP contribution in [0.1, 0.15) is 11.1 Å². The lowest BCUT2D eigenvalue weighted by atomic mass is 9.92. The summed E-state index contributed by atoms with van der Waals surface area (Å²) in [5, 5.41) is 2.02. The van der Waals surface area contributed by atoms with Crippen LogP contribution in [0, 0.1) is 11.6 Å². The summed E-state index contributed by atoms with van der Waals surface area (Å²) in [5.74, 6) is -1.27. The van der Waals surface area contributed by atoms with Crippen LogP contribution in [-0.4, -0.2) is 30.5 Å². The number of hydrogen-bond acceptors (Lipinski definition) is 4. The molecule has 0 amide bonds. The molecule has 0 bridgehead atoms. The van der Waals surface area contributed by atoms with Gasteiger partial charge in [-0.2, -0.15) is 0 Å². The van der Waals surface area contributed by atoms with Crippen molar-refractivity contribution in [1.82, 2.24) is 4.98 Å². The highest BCUT2D eigenvalue weighted by Crippen LogP contribution is 2.24. The van der Waals surface area contributed by atoms with Crippen molar-refractivity contribution >= 4 is 28.8 Å². The quantitative estimate of drug-likeness (QED) is 0.654. The fraction of sp³-hybridized carbons (Fsp3) is 0.136. The lowest BCUT2D eigenvalue weighted by Gasteiger charge is -2.18. The molecule has 3 aromatic rings. The topological polar surface area (TPSA) is 63.6 Å². The van der Waals surface area contributed by atoms with Gasteiger partial charge in [-0.25, -0.2) is 8.78 Å². The van der Waals surface area contributed by atoms with Gasteiger partial charge in [0, 0.05) is 42.7 Å². The summed E-state index contributed by atoms with van der Waals surface area (Å²) in [6.45, 7) is 3.54. The molecule has 0 aliphatic heterocycles. The zero-order valence-electron chi connectivity index (χ0n) is 15.4.